The molecule has 24 heavy (non-hydrogen) atoms. The van der Waals surface area contributed by atoms with Crippen molar-refractivity contribution in [1.29, 1.82) is 0 Å². The van der Waals surface area contributed by atoms with Crippen LogP contribution in [0.4, 0.5) is 0 Å². The predicted octanol–water partition coefficient (Wildman–Crippen LogP) is 3.56. The maximum atomic E-state index is 4.46. The summed E-state index contributed by atoms with van der Waals surface area (Å²) < 4.78 is 0. The molecule has 0 aliphatic carbocycles. The molecule has 5 aromatic heterocycles. The minimum Gasteiger partial charge on any atom is -0.352 e. The number of hydrogen-bond donors (Lipinski definition) is 2. The Bertz CT molecular complexity index is 1120. The topological polar surface area (TPSA) is 83.1 Å². The van der Waals surface area contributed by atoms with Crippen molar-refractivity contribution in [3.63, 3.8) is 0 Å². The number of rotatable bonds is 2. The molecule has 6 nitrogen and oxygen atoms in total. The van der Waals surface area contributed by atoms with Gasteiger partial charge in [-0.1, -0.05) is 6.07 Å². The smallest absolute Gasteiger partial charge is 0.181 e. The summed E-state index contributed by atoms with van der Waals surface area (Å²) in [4.78, 5) is 16.2. The number of nitrogens with one attached hydrogen (secondary N) is 2. The van der Waals surface area contributed by atoms with Gasteiger partial charge in [-0.05, 0) is 24.3 Å². The molecule has 0 spiro atoms. The molecule has 5 heterocycles. The van der Waals surface area contributed by atoms with Crippen molar-refractivity contribution >= 4 is 21.9 Å². The molecule has 0 bridgehead atoms. The maximum Gasteiger partial charge on any atom is 0.181 e. The van der Waals surface area contributed by atoms with Gasteiger partial charge in [0.25, 0.3) is 0 Å². The standard InChI is InChI=1S/C18H12N6/c1-2-12(8-19-4-1)13-6-14-17(23-24-18(14)21-9-13)15-7-11-3-5-20-10-16(11)22-15/h1-10,22H,(H,21,23,24). The van der Waals surface area contributed by atoms with E-state index in [0.29, 0.717) is 5.65 Å². The molecular weight excluding hydrogens is 300 g/mol. The molecule has 0 unspecified atom stereocenters. The van der Waals surface area contributed by atoms with Crippen molar-refractivity contribution in [3.8, 4) is 22.5 Å². The van der Waals surface area contributed by atoms with Gasteiger partial charge >= 0.3 is 0 Å². The number of aromatic nitrogens is 6. The lowest BCUT2D eigenvalue weighted by Gasteiger charge is -2.01. The van der Waals surface area contributed by atoms with E-state index in [4.69, 9.17) is 0 Å². The van der Waals surface area contributed by atoms with Gasteiger partial charge in [-0.25, -0.2) is 4.98 Å². The van der Waals surface area contributed by atoms with Crippen LogP contribution in [0.2, 0.25) is 0 Å². The second kappa shape index (κ2) is 4.99. The van der Waals surface area contributed by atoms with Crippen molar-refractivity contribution in [1.82, 2.24) is 30.1 Å². The highest BCUT2D eigenvalue weighted by Gasteiger charge is 2.12. The Labute approximate surface area is 136 Å². The van der Waals surface area contributed by atoms with Gasteiger partial charge in [0.1, 0.15) is 0 Å². The third-order valence-electron chi connectivity index (χ3n) is 4.10. The lowest BCUT2D eigenvalue weighted by molar-refractivity contribution is 1.10. The Morgan fingerprint density at radius 3 is 2.71 bits per heavy atom. The first kappa shape index (κ1) is 13.0. The molecule has 6 heteroatoms. The van der Waals surface area contributed by atoms with Gasteiger partial charge < -0.3 is 4.98 Å². The zero-order valence-corrected chi connectivity index (χ0v) is 12.6. The average Bonchev–Trinajstić information content (AvgIpc) is 3.25. The molecule has 2 N–H and O–H groups in total. The van der Waals surface area contributed by atoms with Gasteiger partial charge in [0.05, 0.1) is 23.1 Å². The molecule has 114 valence electrons. The Morgan fingerprint density at radius 2 is 1.83 bits per heavy atom. The van der Waals surface area contributed by atoms with E-state index in [2.05, 4.69) is 42.3 Å². The van der Waals surface area contributed by atoms with E-state index in [9.17, 15) is 0 Å². The van der Waals surface area contributed by atoms with Crippen LogP contribution in [0.5, 0.6) is 0 Å². The molecule has 0 atom stereocenters. The summed E-state index contributed by atoms with van der Waals surface area (Å²) in [5.41, 5.74) is 5.60. The largest absolute Gasteiger partial charge is 0.352 e. The first-order valence-corrected chi connectivity index (χ1v) is 7.56. The van der Waals surface area contributed by atoms with Gasteiger partial charge in [-0.15, -0.1) is 0 Å². The summed E-state index contributed by atoms with van der Waals surface area (Å²) >= 11 is 0. The highest BCUT2D eigenvalue weighted by atomic mass is 15.2. The fourth-order valence-corrected chi connectivity index (χ4v) is 2.90. The van der Waals surface area contributed by atoms with Crippen molar-refractivity contribution in [2.24, 2.45) is 0 Å². The highest BCUT2D eigenvalue weighted by molar-refractivity contribution is 5.95. The zero-order valence-electron chi connectivity index (χ0n) is 12.6. The molecule has 0 aliphatic rings. The summed E-state index contributed by atoms with van der Waals surface area (Å²) in [6, 6.07) is 10.1. The lowest BCUT2D eigenvalue weighted by Crippen LogP contribution is -1.83. The number of pyridine rings is 3. The van der Waals surface area contributed by atoms with Crippen LogP contribution in [-0.4, -0.2) is 30.1 Å². The number of nitrogens with zero attached hydrogens (tertiary/aromatic N) is 4. The summed E-state index contributed by atoms with van der Waals surface area (Å²) in [6.07, 6.45) is 9.01. The monoisotopic (exact) mass is 312 g/mol. The molecule has 0 radical (unpaired) electrons. The van der Waals surface area contributed by atoms with E-state index in [0.717, 1.165) is 38.8 Å². The molecule has 0 saturated carbocycles. The van der Waals surface area contributed by atoms with Crippen molar-refractivity contribution in [2.75, 3.05) is 0 Å². The fourth-order valence-electron chi connectivity index (χ4n) is 2.90. The van der Waals surface area contributed by atoms with Gasteiger partial charge in [0, 0.05) is 46.7 Å². The van der Waals surface area contributed by atoms with Crippen LogP contribution in [-0.2, 0) is 0 Å². The van der Waals surface area contributed by atoms with Crippen LogP contribution in [0.15, 0.2) is 61.3 Å². The first-order valence-electron chi connectivity index (χ1n) is 7.56. The zero-order chi connectivity index (χ0) is 15.9. The Balaban J connectivity index is 1.71. The van der Waals surface area contributed by atoms with Crippen LogP contribution in [0, 0.1) is 0 Å². The van der Waals surface area contributed by atoms with Crippen molar-refractivity contribution in [3.05, 3.63) is 61.3 Å². The SMILES string of the molecule is c1cncc(-c2cnc3n[nH]c(-c4cc5ccncc5[nH]4)c3c2)c1. The first-order chi connectivity index (χ1) is 11.9. The van der Waals surface area contributed by atoms with Gasteiger partial charge in [-0.2, -0.15) is 5.10 Å². The summed E-state index contributed by atoms with van der Waals surface area (Å²) in [5, 5.41) is 9.48. The van der Waals surface area contributed by atoms with Gasteiger partial charge in [0.15, 0.2) is 5.65 Å². The van der Waals surface area contributed by atoms with Crippen molar-refractivity contribution in [2.45, 2.75) is 0 Å². The summed E-state index contributed by atoms with van der Waals surface area (Å²) in [6.45, 7) is 0. The fraction of sp³-hybridized carbons (Fsp3) is 0. The molecule has 0 saturated heterocycles. The Hall–Kier alpha value is -3.54. The molecule has 0 aromatic carbocycles. The molecular formula is C18H12N6. The predicted molar refractivity (Wildman–Crippen MR) is 92.2 cm³/mol. The number of aromatic amines is 2. The van der Waals surface area contributed by atoms with Crippen LogP contribution in [0.1, 0.15) is 0 Å². The minimum absolute atomic E-state index is 0.689. The molecule has 5 aromatic rings. The lowest BCUT2D eigenvalue weighted by atomic mass is 10.1. The van der Waals surface area contributed by atoms with Crippen LogP contribution < -0.4 is 0 Å². The van der Waals surface area contributed by atoms with Gasteiger partial charge in [-0.3, -0.25) is 15.1 Å². The molecule has 0 amide bonds. The summed E-state index contributed by atoms with van der Waals surface area (Å²) in [5.74, 6) is 0. The van der Waals surface area contributed by atoms with Crippen LogP contribution in [0.25, 0.3) is 44.5 Å². The third-order valence-corrected chi connectivity index (χ3v) is 4.10. The maximum absolute atomic E-state index is 4.46. The second-order valence-electron chi connectivity index (χ2n) is 5.58. The van der Waals surface area contributed by atoms with E-state index in [-0.39, 0.29) is 0 Å². The van der Waals surface area contributed by atoms with Gasteiger partial charge in [0.2, 0.25) is 0 Å². The highest BCUT2D eigenvalue weighted by Crippen LogP contribution is 2.30. The number of H-pyrrole nitrogens is 2. The van der Waals surface area contributed by atoms with E-state index >= 15 is 0 Å². The van der Waals surface area contributed by atoms with E-state index in [1.165, 1.54) is 0 Å². The molecule has 5 rings (SSSR count). The number of fused-ring (bicyclic) bond motifs is 2. The van der Waals surface area contributed by atoms with Crippen LogP contribution in [0.3, 0.4) is 0 Å². The molecule has 0 fully saturated rings. The number of hydrogen-bond acceptors (Lipinski definition) is 4. The average molecular weight is 312 g/mol. The minimum atomic E-state index is 0.689. The second-order valence-corrected chi connectivity index (χ2v) is 5.58. The van der Waals surface area contributed by atoms with Crippen molar-refractivity contribution < 1.29 is 0 Å². The quantitative estimate of drug-likeness (QED) is 0.522. The van der Waals surface area contributed by atoms with E-state index in [1.807, 2.05) is 36.8 Å². The Kier molecular flexibility index (Phi) is 2.69. The Morgan fingerprint density at radius 1 is 0.875 bits per heavy atom. The third kappa shape index (κ3) is 1.97. The summed E-state index contributed by atoms with van der Waals surface area (Å²) in [7, 11) is 0. The normalized spacial score (nSPS) is 11.3. The molecule has 0 aliphatic heterocycles. The van der Waals surface area contributed by atoms with E-state index in [1.54, 1.807) is 12.4 Å². The van der Waals surface area contributed by atoms with E-state index < -0.39 is 0 Å². The van der Waals surface area contributed by atoms with Crippen LogP contribution >= 0.6 is 0 Å².